The maximum atomic E-state index is 11.9. The van der Waals surface area contributed by atoms with Gasteiger partial charge in [0.05, 0.1) is 24.4 Å². The molecule has 0 N–H and O–H groups in total. The molecule has 0 aromatic carbocycles. The molecule has 0 saturated heterocycles. The molecule has 1 aliphatic rings. The van der Waals surface area contributed by atoms with Crippen LogP contribution in [0.3, 0.4) is 0 Å². The predicted molar refractivity (Wildman–Crippen MR) is 64.9 cm³/mol. The van der Waals surface area contributed by atoms with Gasteiger partial charge >= 0.3 is 11.9 Å². The van der Waals surface area contributed by atoms with Crippen LogP contribution in [-0.2, 0) is 23.8 Å². The van der Waals surface area contributed by atoms with E-state index in [2.05, 4.69) is 0 Å². The monoisotopic (exact) mass is 256 g/mol. The molecule has 1 atom stereocenters. The number of ether oxygens (including phenoxy) is 3. The number of esters is 2. The lowest BCUT2D eigenvalue weighted by molar-refractivity contribution is -0.160. The van der Waals surface area contributed by atoms with Gasteiger partial charge in [-0.1, -0.05) is 0 Å². The number of rotatable bonds is 4. The molecule has 0 saturated carbocycles. The summed E-state index contributed by atoms with van der Waals surface area (Å²) < 4.78 is 15.5. The van der Waals surface area contributed by atoms with Crippen LogP contribution >= 0.6 is 0 Å². The van der Waals surface area contributed by atoms with Crippen molar-refractivity contribution in [1.29, 1.82) is 0 Å². The van der Waals surface area contributed by atoms with Crippen LogP contribution < -0.4 is 0 Å². The Bertz CT molecular complexity index is 381. The van der Waals surface area contributed by atoms with Gasteiger partial charge in [-0.05, 0) is 40.2 Å². The number of carbonyl (C=O) groups is 2. The zero-order valence-electron chi connectivity index (χ0n) is 11.5. The molecule has 18 heavy (non-hydrogen) atoms. The molecule has 0 fully saturated rings. The first-order chi connectivity index (χ1) is 8.35. The Labute approximate surface area is 107 Å². The fraction of sp³-hybridized carbons (Fsp3) is 0.692. The molecule has 1 aliphatic heterocycles. The summed E-state index contributed by atoms with van der Waals surface area (Å²) in [5.74, 6) is -1.07. The zero-order valence-corrected chi connectivity index (χ0v) is 11.5. The van der Waals surface area contributed by atoms with Crippen molar-refractivity contribution in [3.05, 3.63) is 11.1 Å². The zero-order chi connectivity index (χ0) is 13.9. The second-order valence-electron chi connectivity index (χ2n) is 4.52. The summed E-state index contributed by atoms with van der Waals surface area (Å²) in [5.41, 5.74) is 0.304. The fourth-order valence-electron chi connectivity index (χ4n) is 1.82. The molecule has 5 nitrogen and oxygen atoms in total. The first-order valence-corrected chi connectivity index (χ1v) is 6.08. The average Bonchev–Trinajstić information content (AvgIpc) is 2.51. The van der Waals surface area contributed by atoms with Crippen molar-refractivity contribution in [2.45, 2.75) is 46.3 Å². The molecular formula is C13H20O5. The van der Waals surface area contributed by atoms with Crippen molar-refractivity contribution in [1.82, 2.24) is 0 Å². The van der Waals surface area contributed by atoms with Gasteiger partial charge in [0, 0.05) is 0 Å². The second kappa shape index (κ2) is 5.52. The van der Waals surface area contributed by atoms with Crippen LogP contribution in [0.25, 0.3) is 0 Å². The van der Waals surface area contributed by atoms with Gasteiger partial charge < -0.3 is 14.2 Å². The summed E-state index contributed by atoms with van der Waals surface area (Å²) in [6.07, 6.45) is -0.987. The van der Waals surface area contributed by atoms with E-state index in [-0.39, 0.29) is 18.8 Å². The third kappa shape index (κ3) is 2.72. The van der Waals surface area contributed by atoms with Crippen molar-refractivity contribution in [2.24, 2.45) is 0 Å². The highest BCUT2D eigenvalue weighted by molar-refractivity contribution is 5.99. The smallest absolute Gasteiger partial charge is 0.340 e. The number of hydrogen-bond acceptors (Lipinski definition) is 5. The molecule has 0 amide bonds. The molecule has 1 unspecified atom stereocenters. The Morgan fingerprint density at radius 3 is 2.28 bits per heavy atom. The summed E-state index contributed by atoms with van der Waals surface area (Å²) in [6.45, 7) is 9.31. The SMILES string of the molecule is CCOC(=O)C1=C(C)C(C)(C)OC1C(=O)OCC. The number of hydrogen-bond donors (Lipinski definition) is 0. The van der Waals surface area contributed by atoms with Crippen molar-refractivity contribution < 1.29 is 23.8 Å². The van der Waals surface area contributed by atoms with E-state index in [0.29, 0.717) is 5.57 Å². The van der Waals surface area contributed by atoms with E-state index in [0.717, 1.165) is 0 Å². The summed E-state index contributed by atoms with van der Waals surface area (Å²) in [4.78, 5) is 23.7. The summed E-state index contributed by atoms with van der Waals surface area (Å²) >= 11 is 0. The maximum Gasteiger partial charge on any atom is 0.340 e. The van der Waals surface area contributed by atoms with Gasteiger partial charge in [-0.2, -0.15) is 0 Å². The Hall–Kier alpha value is -1.36. The lowest BCUT2D eigenvalue weighted by Gasteiger charge is -2.21. The van der Waals surface area contributed by atoms with Crippen LogP contribution in [-0.4, -0.2) is 36.9 Å². The Morgan fingerprint density at radius 1 is 1.22 bits per heavy atom. The topological polar surface area (TPSA) is 61.8 Å². The van der Waals surface area contributed by atoms with E-state index >= 15 is 0 Å². The van der Waals surface area contributed by atoms with Crippen LogP contribution in [0.5, 0.6) is 0 Å². The summed E-state index contributed by atoms with van der Waals surface area (Å²) in [5, 5.41) is 0. The van der Waals surface area contributed by atoms with E-state index in [9.17, 15) is 9.59 Å². The normalized spacial score (nSPS) is 21.9. The number of carbonyl (C=O) groups excluding carboxylic acids is 2. The molecule has 1 heterocycles. The van der Waals surface area contributed by atoms with Crippen molar-refractivity contribution in [3.63, 3.8) is 0 Å². The fourth-order valence-corrected chi connectivity index (χ4v) is 1.82. The average molecular weight is 256 g/mol. The van der Waals surface area contributed by atoms with Crippen LogP contribution in [0.2, 0.25) is 0 Å². The van der Waals surface area contributed by atoms with E-state index in [1.54, 1.807) is 34.6 Å². The van der Waals surface area contributed by atoms with Gasteiger partial charge in [-0.3, -0.25) is 0 Å². The molecule has 0 radical (unpaired) electrons. The highest BCUT2D eigenvalue weighted by atomic mass is 16.6. The van der Waals surface area contributed by atoms with Crippen LogP contribution in [0.1, 0.15) is 34.6 Å². The van der Waals surface area contributed by atoms with Gasteiger partial charge in [0.25, 0.3) is 0 Å². The largest absolute Gasteiger partial charge is 0.464 e. The predicted octanol–water partition coefficient (Wildman–Crippen LogP) is 1.61. The summed E-state index contributed by atoms with van der Waals surface area (Å²) in [7, 11) is 0. The van der Waals surface area contributed by atoms with Gasteiger partial charge in [0.15, 0.2) is 6.10 Å². The standard InChI is InChI=1S/C13H20O5/c1-6-16-11(14)9-8(3)13(4,5)18-10(9)12(15)17-7-2/h10H,6-7H2,1-5H3. The van der Waals surface area contributed by atoms with E-state index in [1.165, 1.54) is 0 Å². The molecule has 0 spiro atoms. The van der Waals surface area contributed by atoms with E-state index in [4.69, 9.17) is 14.2 Å². The molecule has 1 rings (SSSR count). The lowest BCUT2D eigenvalue weighted by Crippen LogP contribution is -2.32. The highest BCUT2D eigenvalue weighted by Crippen LogP contribution is 2.36. The maximum absolute atomic E-state index is 11.9. The Balaban J connectivity index is 3.06. The lowest BCUT2D eigenvalue weighted by atomic mass is 9.96. The molecule has 0 bridgehead atoms. The molecular weight excluding hydrogens is 236 g/mol. The minimum absolute atomic E-state index is 0.244. The minimum atomic E-state index is -0.987. The Kier molecular flexibility index (Phi) is 4.51. The van der Waals surface area contributed by atoms with Gasteiger partial charge in [-0.25, -0.2) is 9.59 Å². The van der Waals surface area contributed by atoms with E-state index in [1.807, 2.05) is 0 Å². The molecule has 0 aromatic rings. The first kappa shape index (κ1) is 14.7. The van der Waals surface area contributed by atoms with Crippen LogP contribution in [0.4, 0.5) is 0 Å². The van der Waals surface area contributed by atoms with Crippen molar-refractivity contribution >= 4 is 11.9 Å². The van der Waals surface area contributed by atoms with Crippen LogP contribution in [0, 0.1) is 0 Å². The van der Waals surface area contributed by atoms with Crippen molar-refractivity contribution in [2.75, 3.05) is 13.2 Å². The van der Waals surface area contributed by atoms with Crippen LogP contribution in [0.15, 0.2) is 11.1 Å². The Morgan fingerprint density at radius 2 is 1.78 bits per heavy atom. The van der Waals surface area contributed by atoms with Crippen molar-refractivity contribution in [3.8, 4) is 0 Å². The van der Waals surface area contributed by atoms with E-state index < -0.39 is 23.6 Å². The third-order valence-corrected chi connectivity index (χ3v) is 2.98. The molecule has 0 aromatic heterocycles. The van der Waals surface area contributed by atoms with Gasteiger partial charge in [-0.15, -0.1) is 0 Å². The summed E-state index contributed by atoms with van der Waals surface area (Å²) in [6, 6.07) is 0. The molecule has 5 heteroatoms. The van der Waals surface area contributed by atoms with Gasteiger partial charge in [0.2, 0.25) is 0 Å². The first-order valence-electron chi connectivity index (χ1n) is 6.08. The molecule has 102 valence electrons. The highest BCUT2D eigenvalue weighted by Gasteiger charge is 2.45. The quantitative estimate of drug-likeness (QED) is 0.715. The van der Waals surface area contributed by atoms with Gasteiger partial charge in [0.1, 0.15) is 0 Å². The minimum Gasteiger partial charge on any atom is -0.464 e. The molecule has 0 aliphatic carbocycles. The third-order valence-electron chi connectivity index (χ3n) is 2.98. The second-order valence-corrected chi connectivity index (χ2v) is 4.52.